The molecule has 3 rings (SSSR count). The molecule has 3 N–H and O–H groups in total. The predicted octanol–water partition coefficient (Wildman–Crippen LogP) is 5.13. The van der Waals surface area contributed by atoms with Gasteiger partial charge in [-0.1, -0.05) is 44.2 Å². The first-order valence-electron chi connectivity index (χ1n) is 11.3. The maximum Gasteiger partial charge on any atom is 0.269 e. The van der Waals surface area contributed by atoms with Crippen LogP contribution >= 0.6 is 15.9 Å². The van der Waals surface area contributed by atoms with Crippen LogP contribution in [-0.4, -0.2) is 24.3 Å². The molecule has 7 nitrogen and oxygen atoms in total. The third-order valence-corrected chi connectivity index (χ3v) is 5.62. The number of carbonyl (C=O) groups excluding carboxylic acids is 3. The summed E-state index contributed by atoms with van der Waals surface area (Å²) >= 11 is 3.43. The quantitative estimate of drug-likeness (QED) is 0.329. The van der Waals surface area contributed by atoms with Crippen molar-refractivity contribution in [3.8, 4) is 5.75 Å². The van der Waals surface area contributed by atoms with E-state index >= 15 is 0 Å². The molecule has 0 aliphatic rings. The smallest absolute Gasteiger partial charge is 0.269 e. The molecule has 0 aliphatic carbocycles. The summed E-state index contributed by atoms with van der Waals surface area (Å²) in [5.74, 6) is -0.135. The van der Waals surface area contributed by atoms with Crippen LogP contribution in [0.3, 0.4) is 0 Å². The van der Waals surface area contributed by atoms with Gasteiger partial charge in [0.15, 0.2) is 0 Å². The molecule has 3 aromatic rings. The number of anilines is 1. The second-order valence-corrected chi connectivity index (χ2v) is 9.22. The van der Waals surface area contributed by atoms with Gasteiger partial charge in [0.1, 0.15) is 5.75 Å². The van der Waals surface area contributed by atoms with Gasteiger partial charge in [0.25, 0.3) is 11.8 Å². The van der Waals surface area contributed by atoms with E-state index in [1.807, 2.05) is 44.2 Å². The topological polar surface area (TPSA) is 96.5 Å². The van der Waals surface area contributed by atoms with Crippen molar-refractivity contribution in [3.63, 3.8) is 0 Å². The number of hydrogen-bond acceptors (Lipinski definition) is 4. The second-order valence-electron chi connectivity index (χ2n) is 8.36. The summed E-state index contributed by atoms with van der Waals surface area (Å²) in [7, 11) is 0. The van der Waals surface area contributed by atoms with E-state index in [9.17, 15) is 14.4 Å². The highest BCUT2D eigenvalue weighted by molar-refractivity contribution is 9.10. The normalized spacial score (nSPS) is 10.5. The van der Waals surface area contributed by atoms with Crippen LogP contribution in [0.4, 0.5) is 5.69 Å². The minimum atomic E-state index is -0.474. The van der Waals surface area contributed by atoms with Crippen LogP contribution in [0.5, 0.6) is 5.75 Å². The van der Waals surface area contributed by atoms with Crippen LogP contribution in [-0.2, 0) is 11.2 Å². The Hall–Kier alpha value is -3.65. The zero-order chi connectivity index (χ0) is 25.2. The van der Waals surface area contributed by atoms with Crippen LogP contribution in [0, 0.1) is 5.92 Å². The zero-order valence-corrected chi connectivity index (χ0v) is 21.2. The lowest BCUT2D eigenvalue weighted by Gasteiger charge is -2.11. The molecule has 182 valence electrons. The van der Waals surface area contributed by atoms with Crippen molar-refractivity contribution in [1.82, 2.24) is 10.9 Å². The molecule has 0 saturated carbocycles. The molecule has 0 saturated heterocycles. The summed E-state index contributed by atoms with van der Waals surface area (Å²) in [6.45, 7) is 4.44. The molecular weight excluding hydrogens is 510 g/mol. The summed E-state index contributed by atoms with van der Waals surface area (Å²) in [4.78, 5) is 36.7. The molecule has 0 unspecified atom stereocenters. The van der Waals surface area contributed by atoms with E-state index in [2.05, 4.69) is 32.1 Å². The van der Waals surface area contributed by atoms with Crippen LogP contribution in [0.25, 0.3) is 0 Å². The lowest BCUT2D eigenvalue weighted by molar-refractivity contribution is -0.116. The summed E-state index contributed by atoms with van der Waals surface area (Å²) in [6, 6.07) is 21.4. The minimum absolute atomic E-state index is 0.0803. The number of hydrogen-bond donors (Lipinski definition) is 3. The van der Waals surface area contributed by atoms with Gasteiger partial charge in [0.05, 0.1) is 11.1 Å². The fraction of sp³-hybridized carbons (Fsp3) is 0.222. The van der Waals surface area contributed by atoms with Crippen LogP contribution in [0.2, 0.25) is 0 Å². The van der Waals surface area contributed by atoms with Gasteiger partial charge in [-0.15, -0.1) is 0 Å². The van der Waals surface area contributed by atoms with Crippen molar-refractivity contribution in [1.29, 1.82) is 0 Å². The van der Waals surface area contributed by atoms with E-state index in [-0.39, 0.29) is 11.8 Å². The number of hydrazine groups is 1. The monoisotopic (exact) mass is 537 g/mol. The predicted molar refractivity (Wildman–Crippen MR) is 139 cm³/mol. The van der Waals surface area contributed by atoms with E-state index in [4.69, 9.17) is 4.74 Å². The maximum atomic E-state index is 12.5. The Kier molecular flexibility index (Phi) is 9.43. The van der Waals surface area contributed by atoms with E-state index in [0.717, 1.165) is 6.42 Å². The average Bonchev–Trinajstić information content (AvgIpc) is 2.84. The Morgan fingerprint density at radius 1 is 0.857 bits per heavy atom. The highest BCUT2D eigenvalue weighted by Gasteiger charge is 2.12. The maximum absolute atomic E-state index is 12.5. The Morgan fingerprint density at radius 2 is 1.49 bits per heavy atom. The number of amides is 3. The lowest BCUT2D eigenvalue weighted by atomic mass is 10.1. The first kappa shape index (κ1) is 26.0. The average molecular weight is 538 g/mol. The van der Waals surface area contributed by atoms with Crippen LogP contribution in [0.1, 0.15) is 46.5 Å². The van der Waals surface area contributed by atoms with Gasteiger partial charge >= 0.3 is 0 Å². The molecule has 3 amide bonds. The Morgan fingerprint density at radius 3 is 2.11 bits per heavy atom. The third kappa shape index (κ3) is 8.26. The van der Waals surface area contributed by atoms with Crippen molar-refractivity contribution in [3.05, 3.63) is 94.0 Å². The standard InChI is InChI=1S/C27H28BrN3O4/c1-18(2)16-25(32)29-22-11-8-20(9-12-22)26(33)30-31-27(34)21-10-13-24(23(28)17-21)35-15-14-19-6-4-3-5-7-19/h3-13,17-18H,14-16H2,1-2H3,(H,29,32)(H,30,33)(H,31,34). The Labute approximate surface area is 213 Å². The highest BCUT2D eigenvalue weighted by atomic mass is 79.9. The molecule has 0 spiro atoms. The van der Waals surface area contributed by atoms with Gasteiger partial charge in [-0.3, -0.25) is 25.2 Å². The molecule has 0 bridgehead atoms. The SMILES string of the molecule is CC(C)CC(=O)Nc1ccc(C(=O)NNC(=O)c2ccc(OCCc3ccccc3)c(Br)c2)cc1. The summed E-state index contributed by atoms with van der Waals surface area (Å²) < 4.78 is 6.45. The number of halogens is 1. The van der Waals surface area contributed by atoms with Gasteiger partial charge in [-0.05, 0) is 69.9 Å². The summed E-state index contributed by atoms with van der Waals surface area (Å²) in [6.07, 6.45) is 1.19. The van der Waals surface area contributed by atoms with Gasteiger partial charge in [0, 0.05) is 29.7 Å². The van der Waals surface area contributed by atoms with Crippen molar-refractivity contribution in [2.75, 3.05) is 11.9 Å². The highest BCUT2D eigenvalue weighted by Crippen LogP contribution is 2.26. The van der Waals surface area contributed by atoms with Crippen molar-refractivity contribution in [2.45, 2.75) is 26.7 Å². The third-order valence-electron chi connectivity index (χ3n) is 5.00. The molecule has 8 heteroatoms. The molecule has 0 aliphatic heterocycles. The molecule has 0 heterocycles. The van der Waals surface area contributed by atoms with Gasteiger partial charge in [0.2, 0.25) is 5.91 Å². The van der Waals surface area contributed by atoms with Gasteiger partial charge < -0.3 is 10.1 Å². The van der Waals surface area contributed by atoms with Crippen LogP contribution in [0.15, 0.2) is 77.3 Å². The molecular formula is C27H28BrN3O4. The molecule has 0 aromatic heterocycles. The van der Waals surface area contributed by atoms with Gasteiger partial charge in [-0.2, -0.15) is 0 Å². The van der Waals surface area contributed by atoms with E-state index in [0.29, 0.717) is 40.1 Å². The number of nitrogens with one attached hydrogen (secondary N) is 3. The molecule has 0 fully saturated rings. The first-order valence-corrected chi connectivity index (χ1v) is 12.1. The minimum Gasteiger partial charge on any atom is -0.492 e. The Bertz CT molecular complexity index is 1160. The fourth-order valence-corrected chi connectivity index (χ4v) is 3.72. The fourth-order valence-electron chi connectivity index (χ4n) is 3.23. The molecule has 3 aromatic carbocycles. The molecule has 0 radical (unpaired) electrons. The van der Waals surface area contributed by atoms with Crippen molar-refractivity contribution < 1.29 is 19.1 Å². The van der Waals surface area contributed by atoms with Gasteiger partial charge in [-0.25, -0.2) is 0 Å². The van der Waals surface area contributed by atoms with Crippen molar-refractivity contribution >= 4 is 39.3 Å². The van der Waals surface area contributed by atoms with E-state index < -0.39 is 11.8 Å². The summed E-state index contributed by atoms with van der Waals surface area (Å²) in [5, 5.41) is 2.79. The van der Waals surface area contributed by atoms with E-state index in [1.165, 1.54) is 5.56 Å². The molecule has 35 heavy (non-hydrogen) atoms. The van der Waals surface area contributed by atoms with Crippen LogP contribution < -0.4 is 20.9 Å². The number of benzene rings is 3. The number of rotatable bonds is 9. The van der Waals surface area contributed by atoms with Crippen molar-refractivity contribution in [2.24, 2.45) is 5.92 Å². The number of carbonyl (C=O) groups is 3. The number of ether oxygens (including phenoxy) is 1. The zero-order valence-electron chi connectivity index (χ0n) is 19.6. The first-order chi connectivity index (χ1) is 16.8. The lowest BCUT2D eigenvalue weighted by Crippen LogP contribution is -2.41. The Balaban J connectivity index is 1.48. The molecule has 0 atom stereocenters. The largest absolute Gasteiger partial charge is 0.492 e. The van der Waals surface area contributed by atoms with E-state index in [1.54, 1.807) is 42.5 Å². The second kappa shape index (κ2) is 12.7. The summed E-state index contributed by atoms with van der Waals surface area (Å²) in [5.41, 5.74) is 7.29.